The number of carbonyl (C=O) groups is 1. The zero-order chi connectivity index (χ0) is 16.9. The highest BCUT2D eigenvalue weighted by Gasteiger charge is 2.27. The first-order valence-electron chi connectivity index (χ1n) is 7.23. The lowest BCUT2D eigenvalue weighted by atomic mass is 10.3. The van der Waals surface area contributed by atoms with E-state index in [0.717, 1.165) is 5.69 Å². The third-order valence-electron chi connectivity index (χ3n) is 3.37. The lowest BCUT2D eigenvalue weighted by molar-refractivity contribution is -0.115. The number of pyridine rings is 1. The topological polar surface area (TPSA) is 58.0 Å². The van der Waals surface area contributed by atoms with E-state index in [0.29, 0.717) is 41.2 Å². The van der Waals surface area contributed by atoms with Crippen molar-refractivity contribution in [3.05, 3.63) is 58.3 Å². The summed E-state index contributed by atoms with van der Waals surface area (Å²) in [6.45, 7) is 1.25. The molecule has 0 aliphatic carbocycles. The molecule has 124 valence electrons. The van der Waals surface area contributed by atoms with Crippen molar-refractivity contribution in [3.8, 4) is 0 Å². The molecule has 1 amide bonds. The molecular weight excluding hydrogens is 351 g/mol. The standard InChI is InChI=1S/C16H14Cl2N4O2/c17-12-4-5-14(18)15(9-12)20-16-21(11-23)7-8-22(16)24-10-13-3-1-2-6-19-13/h1-6,9,11H,7-8,10H2/b20-16-. The number of halogens is 2. The monoisotopic (exact) mass is 364 g/mol. The summed E-state index contributed by atoms with van der Waals surface area (Å²) in [5.41, 5.74) is 1.25. The highest BCUT2D eigenvalue weighted by molar-refractivity contribution is 6.35. The SMILES string of the molecule is O=CN1CCN(OCc2ccccn2)/C1=N\c1cc(Cl)ccc1Cl. The van der Waals surface area contributed by atoms with Crippen molar-refractivity contribution in [2.45, 2.75) is 6.61 Å². The van der Waals surface area contributed by atoms with Crippen molar-refractivity contribution in [1.29, 1.82) is 0 Å². The fourth-order valence-corrected chi connectivity index (χ4v) is 2.52. The molecule has 0 unspecified atom stereocenters. The molecule has 1 aromatic carbocycles. The Morgan fingerprint density at radius 1 is 1.25 bits per heavy atom. The van der Waals surface area contributed by atoms with Crippen molar-refractivity contribution in [1.82, 2.24) is 14.9 Å². The third kappa shape index (κ3) is 3.84. The zero-order valence-corrected chi connectivity index (χ0v) is 14.1. The number of guanidine groups is 1. The van der Waals surface area contributed by atoms with Crippen LogP contribution in [-0.4, -0.2) is 40.4 Å². The van der Waals surface area contributed by atoms with Gasteiger partial charge in [-0.25, -0.2) is 10.1 Å². The van der Waals surface area contributed by atoms with Gasteiger partial charge in [0.1, 0.15) is 6.61 Å². The normalized spacial score (nSPS) is 16.0. The third-order valence-corrected chi connectivity index (χ3v) is 3.93. The second-order valence-corrected chi connectivity index (χ2v) is 5.85. The van der Waals surface area contributed by atoms with Crippen molar-refractivity contribution in [2.24, 2.45) is 4.99 Å². The molecule has 2 aromatic rings. The number of amides is 1. The van der Waals surface area contributed by atoms with Crippen LogP contribution < -0.4 is 0 Å². The van der Waals surface area contributed by atoms with E-state index in [1.54, 1.807) is 29.5 Å². The summed E-state index contributed by atoms with van der Waals surface area (Å²) in [7, 11) is 0. The van der Waals surface area contributed by atoms with Gasteiger partial charge in [-0.3, -0.25) is 19.5 Å². The Kier molecular flexibility index (Phi) is 5.30. The first kappa shape index (κ1) is 16.7. The molecule has 0 bridgehead atoms. The Labute approximate surface area is 149 Å². The maximum absolute atomic E-state index is 11.3. The second kappa shape index (κ2) is 7.61. The Morgan fingerprint density at radius 2 is 2.12 bits per heavy atom. The molecule has 8 heteroatoms. The zero-order valence-electron chi connectivity index (χ0n) is 12.6. The second-order valence-electron chi connectivity index (χ2n) is 5.00. The van der Waals surface area contributed by atoms with E-state index in [2.05, 4.69) is 9.98 Å². The van der Waals surface area contributed by atoms with Crippen molar-refractivity contribution < 1.29 is 9.63 Å². The van der Waals surface area contributed by atoms with E-state index in [1.165, 1.54) is 4.90 Å². The van der Waals surface area contributed by atoms with Gasteiger partial charge in [0.25, 0.3) is 0 Å². The van der Waals surface area contributed by atoms with Gasteiger partial charge < -0.3 is 0 Å². The van der Waals surface area contributed by atoms with Crippen LogP contribution in [0.1, 0.15) is 5.69 Å². The molecule has 1 saturated heterocycles. The number of hydrogen-bond donors (Lipinski definition) is 0. The highest BCUT2D eigenvalue weighted by atomic mass is 35.5. The fourth-order valence-electron chi connectivity index (χ4n) is 2.19. The number of hydroxylamine groups is 2. The molecule has 1 fully saturated rings. The number of rotatable bonds is 5. The Morgan fingerprint density at radius 3 is 2.88 bits per heavy atom. The number of aliphatic imine (C=N–C) groups is 1. The van der Waals surface area contributed by atoms with E-state index in [-0.39, 0.29) is 6.61 Å². The molecule has 1 aliphatic rings. The molecule has 0 saturated carbocycles. The van der Waals surface area contributed by atoms with Gasteiger partial charge in [-0.15, -0.1) is 0 Å². The molecule has 2 heterocycles. The summed E-state index contributed by atoms with van der Waals surface area (Å²) >= 11 is 12.1. The summed E-state index contributed by atoms with van der Waals surface area (Å²) < 4.78 is 0. The fraction of sp³-hybridized carbons (Fsp3) is 0.188. The van der Waals surface area contributed by atoms with Gasteiger partial charge in [0.15, 0.2) is 0 Å². The van der Waals surface area contributed by atoms with Gasteiger partial charge in [0, 0.05) is 17.8 Å². The number of nitrogens with zero attached hydrogens (tertiary/aromatic N) is 4. The largest absolute Gasteiger partial charge is 0.281 e. The number of benzene rings is 1. The van der Waals surface area contributed by atoms with Crippen LogP contribution in [0.25, 0.3) is 0 Å². The van der Waals surface area contributed by atoms with Crippen LogP contribution in [0.4, 0.5) is 5.69 Å². The number of aromatic nitrogens is 1. The minimum absolute atomic E-state index is 0.274. The van der Waals surface area contributed by atoms with Crippen LogP contribution in [0.15, 0.2) is 47.6 Å². The van der Waals surface area contributed by atoms with E-state index < -0.39 is 0 Å². The predicted octanol–water partition coefficient (Wildman–Crippen LogP) is 3.28. The van der Waals surface area contributed by atoms with Crippen LogP contribution in [0.5, 0.6) is 0 Å². The summed E-state index contributed by atoms with van der Waals surface area (Å²) in [4.78, 5) is 27.1. The van der Waals surface area contributed by atoms with Crippen LogP contribution in [0.2, 0.25) is 10.0 Å². The first-order chi connectivity index (χ1) is 11.7. The Balaban J connectivity index is 1.82. The maximum Gasteiger partial charge on any atom is 0.233 e. The number of carbonyl (C=O) groups excluding carboxylic acids is 1. The molecule has 3 rings (SSSR count). The average Bonchev–Trinajstić information content (AvgIpc) is 2.99. The van der Waals surface area contributed by atoms with Crippen LogP contribution in [0.3, 0.4) is 0 Å². The molecule has 6 nitrogen and oxygen atoms in total. The number of hydrogen-bond acceptors (Lipinski definition) is 4. The quantitative estimate of drug-likeness (QED) is 0.763. The molecule has 0 atom stereocenters. The molecule has 0 spiro atoms. The van der Waals surface area contributed by atoms with Crippen molar-refractivity contribution in [3.63, 3.8) is 0 Å². The summed E-state index contributed by atoms with van der Waals surface area (Å²) in [5.74, 6) is 0.366. The smallest absolute Gasteiger partial charge is 0.233 e. The Hall–Kier alpha value is -2.15. The first-order valence-corrected chi connectivity index (χ1v) is 7.99. The van der Waals surface area contributed by atoms with E-state index in [9.17, 15) is 4.79 Å². The average molecular weight is 365 g/mol. The summed E-state index contributed by atoms with van der Waals surface area (Å²) in [5, 5.41) is 2.50. The predicted molar refractivity (Wildman–Crippen MR) is 92.1 cm³/mol. The lowest BCUT2D eigenvalue weighted by Gasteiger charge is -2.19. The lowest BCUT2D eigenvalue weighted by Crippen LogP contribution is -2.32. The van der Waals surface area contributed by atoms with E-state index in [1.807, 2.05) is 18.2 Å². The van der Waals surface area contributed by atoms with Crippen LogP contribution >= 0.6 is 23.2 Å². The molecule has 1 aliphatic heterocycles. The van der Waals surface area contributed by atoms with Crippen LogP contribution in [-0.2, 0) is 16.2 Å². The van der Waals surface area contributed by atoms with Gasteiger partial charge in [-0.2, -0.15) is 0 Å². The van der Waals surface area contributed by atoms with Gasteiger partial charge in [0.2, 0.25) is 12.4 Å². The summed E-state index contributed by atoms with van der Waals surface area (Å²) in [6, 6.07) is 10.5. The van der Waals surface area contributed by atoms with E-state index >= 15 is 0 Å². The molecule has 1 aromatic heterocycles. The minimum atomic E-state index is 0.274. The van der Waals surface area contributed by atoms with Crippen LogP contribution in [0, 0.1) is 0 Å². The molecular formula is C16H14Cl2N4O2. The minimum Gasteiger partial charge on any atom is -0.281 e. The van der Waals surface area contributed by atoms with Gasteiger partial charge in [-0.05, 0) is 30.3 Å². The Bertz CT molecular complexity index is 755. The van der Waals surface area contributed by atoms with Crippen molar-refractivity contribution >= 4 is 41.3 Å². The highest BCUT2D eigenvalue weighted by Crippen LogP contribution is 2.29. The molecule has 24 heavy (non-hydrogen) atoms. The molecule has 0 radical (unpaired) electrons. The molecule has 0 N–H and O–H groups in total. The van der Waals surface area contributed by atoms with Gasteiger partial charge >= 0.3 is 0 Å². The summed E-state index contributed by atoms with van der Waals surface area (Å²) in [6.07, 6.45) is 2.41. The van der Waals surface area contributed by atoms with Gasteiger partial charge in [0.05, 0.1) is 22.9 Å². The van der Waals surface area contributed by atoms with E-state index in [4.69, 9.17) is 28.0 Å². The maximum atomic E-state index is 11.3. The van der Waals surface area contributed by atoms with Gasteiger partial charge in [-0.1, -0.05) is 29.3 Å². The van der Waals surface area contributed by atoms with Crippen molar-refractivity contribution in [2.75, 3.05) is 13.1 Å².